The molecule has 1 fully saturated rings. The molecule has 3 nitrogen and oxygen atoms in total. The summed E-state index contributed by atoms with van der Waals surface area (Å²) in [4.78, 5) is 2.09. The lowest BCUT2D eigenvalue weighted by molar-refractivity contribution is -0.137. The monoisotopic (exact) mass is 288 g/mol. The zero-order valence-corrected chi connectivity index (χ0v) is 11.4. The predicted molar refractivity (Wildman–Crippen MR) is 70.2 cm³/mol. The van der Waals surface area contributed by atoms with Crippen LogP contribution in [0.3, 0.4) is 0 Å². The highest BCUT2D eigenvalue weighted by molar-refractivity contribution is 5.28. The van der Waals surface area contributed by atoms with Crippen LogP contribution < -0.4 is 5.73 Å². The third-order valence-corrected chi connectivity index (χ3v) is 3.77. The molecule has 2 unspecified atom stereocenters. The van der Waals surface area contributed by atoms with Crippen LogP contribution in [0.5, 0.6) is 0 Å². The lowest BCUT2D eigenvalue weighted by atomic mass is 10.0. The molecule has 0 saturated carbocycles. The third kappa shape index (κ3) is 3.31. The Morgan fingerprint density at radius 1 is 1.45 bits per heavy atom. The van der Waals surface area contributed by atoms with Gasteiger partial charge in [-0.15, -0.1) is 0 Å². The molecule has 1 aliphatic rings. The Morgan fingerprint density at radius 2 is 2.20 bits per heavy atom. The van der Waals surface area contributed by atoms with Gasteiger partial charge in [-0.1, -0.05) is 12.1 Å². The maximum absolute atomic E-state index is 12.8. The first-order valence-corrected chi connectivity index (χ1v) is 6.59. The molecule has 2 N–H and O–H groups in total. The Kier molecular flexibility index (Phi) is 4.67. The van der Waals surface area contributed by atoms with E-state index in [1.165, 1.54) is 12.1 Å². The van der Waals surface area contributed by atoms with Gasteiger partial charge >= 0.3 is 6.18 Å². The van der Waals surface area contributed by atoms with E-state index in [1.54, 1.807) is 13.2 Å². The van der Waals surface area contributed by atoms with Gasteiger partial charge in [0, 0.05) is 32.8 Å². The smallest absolute Gasteiger partial charge is 0.380 e. The van der Waals surface area contributed by atoms with Gasteiger partial charge in [-0.05, 0) is 24.1 Å². The van der Waals surface area contributed by atoms with Crippen LogP contribution in [0.15, 0.2) is 24.3 Å². The number of nitrogens with zero attached hydrogens (tertiary/aromatic N) is 1. The summed E-state index contributed by atoms with van der Waals surface area (Å²) >= 11 is 0. The summed E-state index contributed by atoms with van der Waals surface area (Å²) in [5.41, 5.74) is 5.75. The van der Waals surface area contributed by atoms with Crippen molar-refractivity contribution in [3.63, 3.8) is 0 Å². The average Bonchev–Trinajstić information content (AvgIpc) is 2.88. The highest BCUT2D eigenvalue weighted by Crippen LogP contribution is 2.32. The number of nitrogens with two attached hydrogens (primary N) is 1. The molecule has 0 aromatic heterocycles. The molecule has 20 heavy (non-hydrogen) atoms. The molecule has 0 radical (unpaired) electrons. The van der Waals surface area contributed by atoms with Crippen molar-refractivity contribution in [2.24, 2.45) is 5.73 Å². The summed E-state index contributed by atoms with van der Waals surface area (Å²) < 4.78 is 43.6. The van der Waals surface area contributed by atoms with Crippen LogP contribution >= 0.6 is 0 Å². The van der Waals surface area contributed by atoms with Crippen LogP contribution in [0.4, 0.5) is 13.2 Å². The van der Waals surface area contributed by atoms with Gasteiger partial charge in [-0.25, -0.2) is 0 Å². The van der Waals surface area contributed by atoms with Crippen molar-refractivity contribution in [1.29, 1.82) is 0 Å². The average molecular weight is 288 g/mol. The van der Waals surface area contributed by atoms with Crippen molar-refractivity contribution in [1.82, 2.24) is 4.90 Å². The highest BCUT2D eigenvalue weighted by atomic mass is 19.4. The topological polar surface area (TPSA) is 38.5 Å². The van der Waals surface area contributed by atoms with Crippen molar-refractivity contribution >= 4 is 0 Å². The van der Waals surface area contributed by atoms with Gasteiger partial charge in [0.2, 0.25) is 0 Å². The Bertz CT molecular complexity index is 450. The van der Waals surface area contributed by atoms with Crippen molar-refractivity contribution in [2.75, 3.05) is 26.7 Å². The fraction of sp³-hybridized carbons (Fsp3) is 0.571. The van der Waals surface area contributed by atoms with Crippen LogP contribution in [0.25, 0.3) is 0 Å². The predicted octanol–water partition coefficient (Wildman–Crippen LogP) is 2.43. The van der Waals surface area contributed by atoms with Crippen molar-refractivity contribution in [3.05, 3.63) is 35.4 Å². The van der Waals surface area contributed by atoms with Crippen LogP contribution in [0.1, 0.15) is 23.6 Å². The first-order chi connectivity index (χ1) is 9.45. The van der Waals surface area contributed by atoms with Crippen molar-refractivity contribution in [2.45, 2.75) is 24.7 Å². The van der Waals surface area contributed by atoms with Crippen LogP contribution in [0.2, 0.25) is 0 Å². The molecule has 2 atom stereocenters. The molecule has 2 rings (SSSR count). The molecule has 1 aromatic carbocycles. The van der Waals surface area contributed by atoms with Gasteiger partial charge in [0.25, 0.3) is 0 Å². The summed E-state index contributed by atoms with van der Waals surface area (Å²) in [7, 11) is 1.65. The molecule has 112 valence electrons. The van der Waals surface area contributed by atoms with E-state index in [0.717, 1.165) is 19.0 Å². The summed E-state index contributed by atoms with van der Waals surface area (Å²) in [6.45, 7) is 1.78. The molecule has 0 amide bonds. The Balaban J connectivity index is 2.20. The van der Waals surface area contributed by atoms with E-state index in [-0.39, 0.29) is 18.7 Å². The number of methoxy groups -OCH3 is 1. The molecule has 1 aliphatic heterocycles. The summed E-state index contributed by atoms with van der Waals surface area (Å²) in [5, 5.41) is 0. The van der Waals surface area contributed by atoms with Gasteiger partial charge in [0.05, 0.1) is 11.7 Å². The maximum atomic E-state index is 12.8. The first-order valence-electron chi connectivity index (χ1n) is 6.59. The van der Waals surface area contributed by atoms with E-state index >= 15 is 0 Å². The van der Waals surface area contributed by atoms with E-state index < -0.39 is 11.7 Å². The fourth-order valence-corrected chi connectivity index (χ4v) is 2.65. The van der Waals surface area contributed by atoms with E-state index in [2.05, 4.69) is 4.90 Å². The number of rotatable bonds is 4. The van der Waals surface area contributed by atoms with E-state index in [4.69, 9.17) is 10.5 Å². The van der Waals surface area contributed by atoms with Crippen molar-refractivity contribution in [3.8, 4) is 0 Å². The van der Waals surface area contributed by atoms with E-state index in [9.17, 15) is 13.2 Å². The third-order valence-electron chi connectivity index (χ3n) is 3.77. The number of likely N-dealkylation sites (tertiary alicyclic amines) is 1. The van der Waals surface area contributed by atoms with Gasteiger partial charge in [0.1, 0.15) is 0 Å². The Morgan fingerprint density at radius 3 is 2.75 bits per heavy atom. The van der Waals surface area contributed by atoms with Crippen LogP contribution in [0, 0.1) is 0 Å². The summed E-state index contributed by atoms with van der Waals surface area (Å²) in [6.07, 6.45) is -3.31. The molecule has 1 heterocycles. The second-order valence-electron chi connectivity index (χ2n) is 5.02. The lowest BCUT2D eigenvalue weighted by Gasteiger charge is -2.27. The van der Waals surface area contributed by atoms with Gasteiger partial charge in [-0.2, -0.15) is 13.2 Å². The number of benzene rings is 1. The largest absolute Gasteiger partial charge is 0.416 e. The molecule has 0 spiro atoms. The maximum Gasteiger partial charge on any atom is 0.416 e. The van der Waals surface area contributed by atoms with E-state index in [1.807, 2.05) is 0 Å². The lowest BCUT2D eigenvalue weighted by Crippen LogP contribution is -2.33. The summed E-state index contributed by atoms with van der Waals surface area (Å²) in [5.74, 6) is 0. The van der Waals surface area contributed by atoms with Crippen LogP contribution in [-0.2, 0) is 10.9 Å². The second kappa shape index (κ2) is 6.11. The molecule has 1 saturated heterocycles. The number of alkyl halides is 3. The molecular formula is C14H19F3N2O. The standard InChI is InChI=1S/C14H19F3N2O/c1-20-12-5-6-19(9-12)13(8-18)10-3-2-4-11(7-10)14(15,16)17/h2-4,7,12-13H,5-6,8-9,18H2,1H3. The van der Waals surface area contributed by atoms with E-state index in [0.29, 0.717) is 12.1 Å². The number of ether oxygens (including phenoxy) is 1. The SMILES string of the molecule is COC1CCN(C(CN)c2cccc(C(F)(F)F)c2)C1. The minimum absolute atomic E-state index is 0.134. The minimum atomic E-state index is -4.32. The number of hydrogen-bond donors (Lipinski definition) is 1. The summed E-state index contributed by atoms with van der Waals surface area (Å²) in [6, 6.07) is 5.21. The molecule has 0 aliphatic carbocycles. The number of hydrogen-bond acceptors (Lipinski definition) is 3. The zero-order chi connectivity index (χ0) is 14.8. The molecule has 0 bridgehead atoms. The highest BCUT2D eigenvalue weighted by Gasteiger charge is 2.33. The van der Waals surface area contributed by atoms with Gasteiger partial charge < -0.3 is 10.5 Å². The number of halogens is 3. The second-order valence-corrected chi connectivity index (χ2v) is 5.02. The molecular weight excluding hydrogens is 269 g/mol. The normalized spacial score (nSPS) is 22.1. The first kappa shape index (κ1) is 15.3. The Hall–Kier alpha value is -1.11. The van der Waals surface area contributed by atoms with Crippen molar-refractivity contribution < 1.29 is 17.9 Å². The fourth-order valence-electron chi connectivity index (χ4n) is 2.65. The van der Waals surface area contributed by atoms with Crippen LogP contribution in [-0.4, -0.2) is 37.7 Å². The molecule has 6 heteroatoms. The minimum Gasteiger partial charge on any atom is -0.380 e. The molecule has 1 aromatic rings. The van der Waals surface area contributed by atoms with Gasteiger partial charge in [-0.3, -0.25) is 4.90 Å². The zero-order valence-electron chi connectivity index (χ0n) is 11.4. The Labute approximate surface area is 116 Å². The van der Waals surface area contributed by atoms with Gasteiger partial charge in [0.15, 0.2) is 0 Å². The quantitative estimate of drug-likeness (QED) is 0.924.